The molecular weight excluding hydrogens is 402 g/mol. The molecule has 2 rings (SSSR count). The Bertz CT molecular complexity index is 819. The van der Waals surface area contributed by atoms with E-state index in [1.807, 2.05) is 0 Å². The van der Waals surface area contributed by atoms with E-state index < -0.39 is 28.7 Å². The van der Waals surface area contributed by atoms with Gasteiger partial charge in [-0.25, -0.2) is 0 Å². The molecule has 11 heteroatoms. The highest BCUT2D eigenvalue weighted by molar-refractivity contribution is 6.69. The topological polar surface area (TPSA) is 65.2 Å². The molecule has 146 valence electrons. The summed E-state index contributed by atoms with van der Waals surface area (Å²) in [6.45, 7) is 0. The fourth-order valence-electron chi connectivity index (χ4n) is 1.89. The Morgan fingerprint density at radius 2 is 1.30 bits per heavy atom. The Morgan fingerprint density at radius 3 is 1.78 bits per heavy atom. The minimum absolute atomic E-state index is 0.155. The molecule has 0 unspecified atom stereocenters. The van der Waals surface area contributed by atoms with Crippen LogP contribution in [-0.2, 0) is 12.4 Å². The maximum atomic E-state index is 12.3. The first-order valence-corrected chi connectivity index (χ1v) is 7.28. The van der Waals surface area contributed by atoms with Crippen molar-refractivity contribution >= 4 is 23.0 Å². The Hall–Kier alpha value is -2.75. The fourth-order valence-corrected chi connectivity index (χ4v) is 2.06. The maximum Gasteiger partial charge on any atom is 0.417 e. The Balaban J connectivity index is 0.000000271. The normalized spacial score (nSPS) is 12.6. The second-order valence-corrected chi connectivity index (χ2v) is 5.12. The molecule has 0 spiro atoms. The van der Waals surface area contributed by atoms with Crippen LogP contribution in [0.4, 0.5) is 26.3 Å². The third-order valence-corrected chi connectivity index (χ3v) is 3.28. The average Bonchev–Trinajstić information content (AvgIpc) is 2.61. The summed E-state index contributed by atoms with van der Waals surface area (Å²) < 4.78 is 73.7. The molecule has 0 amide bonds. The summed E-state index contributed by atoms with van der Waals surface area (Å²) in [7, 11) is 0. The summed E-state index contributed by atoms with van der Waals surface area (Å²) in [6.07, 6.45) is -8.18. The highest BCUT2D eigenvalue weighted by Crippen LogP contribution is 2.32. The van der Waals surface area contributed by atoms with Crippen molar-refractivity contribution in [3.63, 3.8) is 0 Å². The number of rotatable bonds is 2. The first-order chi connectivity index (χ1) is 12.5. The van der Waals surface area contributed by atoms with Gasteiger partial charge < -0.3 is 10.4 Å². The van der Waals surface area contributed by atoms with Gasteiger partial charge in [0, 0.05) is 11.1 Å². The molecule has 0 aromatic heterocycles. The highest BCUT2D eigenvalue weighted by atomic mass is 35.5. The van der Waals surface area contributed by atoms with E-state index in [0.717, 1.165) is 24.4 Å². The minimum atomic E-state index is -4.51. The van der Waals surface area contributed by atoms with Crippen LogP contribution in [0.25, 0.3) is 0 Å². The summed E-state index contributed by atoms with van der Waals surface area (Å²) in [6, 6.07) is 9.46. The molecule has 0 fully saturated rings. The molecule has 0 aliphatic heterocycles. The van der Waals surface area contributed by atoms with Crippen molar-refractivity contribution in [1.82, 2.24) is 0 Å². The smallest absolute Gasteiger partial charge is 0.411 e. The molecule has 2 aromatic carbocycles. The van der Waals surface area contributed by atoms with Crippen molar-refractivity contribution < 1.29 is 36.8 Å². The van der Waals surface area contributed by atoms with Gasteiger partial charge in [-0.15, -0.1) is 0 Å². The van der Waals surface area contributed by atoms with E-state index in [9.17, 15) is 26.3 Å². The van der Waals surface area contributed by atoms with Gasteiger partial charge in [-0.3, -0.25) is 0 Å². The molecule has 4 nitrogen and oxygen atoms in total. The number of alkyl halides is 6. The molecule has 0 atom stereocenters. The van der Waals surface area contributed by atoms with Gasteiger partial charge in [0.25, 0.3) is 0 Å². The lowest BCUT2D eigenvalue weighted by Gasteiger charge is -2.10. The van der Waals surface area contributed by atoms with Crippen molar-refractivity contribution in [3.8, 4) is 0 Å². The van der Waals surface area contributed by atoms with Crippen LogP contribution in [0.1, 0.15) is 22.3 Å². The quantitative estimate of drug-likeness (QED) is 0.292. The molecule has 0 saturated heterocycles. The number of nitrogens with zero attached hydrogens (tertiary/aromatic N) is 2. The second kappa shape index (κ2) is 9.26. The minimum Gasteiger partial charge on any atom is -0.411 e. The predicted octanol–water partition coefficient (Wildman–Crippen LogP) is 5.59. The van der Waals surface area contributed by atoms with Crippen LogP contribution in [-0.4, -0.2) is 21.8 Å². The largest absolute Gasteiger partial charge is 0.417 e. The van der Waals surface area contributed by atoms with Gasteiger partial charge >= 0.3 is 12.4 Å². The number of halogens is 7. The molecule has 0 radical (unpaired) electrons. The van der Waals surface area contributed by atoms with Gasteiger partial charge in [0.2, 0.25) is 0 Å². The van der Waals surface area contributed by atoms with Crippen LogP contribution < -0.4 is 0 Å². The van der Waals surface area contributed by atoms with E-state index in [2.05, 4.69) is 10.3 Å². The van der Waals surface area contributed by atoms with Crippen molar-refractivity contribution in [2.45, 2.75) is 12.4 Å². The van der Waals surface area contributed by atoms with E-state index in [-0.39, 0.29) is 11.1 Å². The van der Waals surface area contributed by atoms with Gasteiger partial charge in [0.1, 0.15) is 0 Å². The average molecular weight is 413 g/mol. The number of hydrogen-bond acceptors (Lipinski definition) is 4. The van der Waals surface area contributed by atoms with Crippen molar-refractivity contribution in [1.29, 1.82) is 0 Å². The van der Waals surface area contributed by atoms with Crippen LogP contribution in [0.5, 0.6) is 0 Å². The van der Waals surface area contributed by atoms with Crippen LogP contribution in [0, 0.1) is 0 Å². The summed E-state index contributed by atoms with van der Waals surface area (Å²) in [5.74, 6) is 0. The van der Waals surface area contributed by atoms with Crippen LogP contribution in [0.2, 0.25) is 0 Å². The van der Waals surface area contributed by atoms with Crippen molar-refractivity contribution in [2.75, 3.05) is 0 Å². The van der Waals surface area contributed by atoms with Crippen LogP contribution >= 0.6 is 11.6 Å². The lowest BCUT2D eigenvalue weighted by Crippen LogP contribution is -2.10. The van der Waals surface area contributed by atoms with Crippen molar-refractivity contribution in [3.05, 3.63) is 70.8 Å². The zero-order valence-electron chi connectivity index (χ0n) is 13.1. The first-order valence-electron chi connectivity index (χ1n) is 6.90. The molecule has 0 aliphatic rings. The van der Waals surface area contributed by atoms with Gasteiger partial charge in [0.15, 0.2) is 5.17 Å². The molecule has 0 heterocycles. The summed E-state index contributed by atoms with van der Waals surface area (Å²) >= 11 is 5.30. The lowest BCUT2D eigenvalue weighted by atomic mass is 10.1. The van der Waals surface area contributed by atoms with E-state index in [0.29, 0.717) is 0 Å². The monoisotopic (exact) mass is 412 g/mol. The summed E-state index contributed by atoms with van der Waals surface area (Å²) in [5, 5.41) is 20.9. The standard InChI is InChI=1S/C8H5ClF3NO.C8H6F3NO/c9-7(13-14)5-3-1-2-4-6(5)8(10,11)12;9-8(10,11)7-4-2-1-3-6(7)5-12-13/h1-4,14H;1-5,13H. The zero-order valence-corrected chi connectivity index (χ0v) is 13.9. The Labute approximate surface area is 154 Å². The van der Waals surface area contributed by atoms with Gasteiger partial charge in [-0.05, 0) is 12.1 Å². The molecule has 0 saturated carbocycles. The first kappa shape index (κ1) is 22.3. The summed E-state index contributed by atoms with van der Waals surface area (Å²) in [5.41, 5.74) is -2.24. The third-order valence-electron chi connectivity index (χ3n) is 3.01. The summed E-state index contributed by atoms with van der Waals surface area (Å²) in [4.78, 5) is 0. The molecular formula is C16H11ClF6N2O2. The van der Waals surface area contributed by atoms with Crippen molar-refractivity contribution in [2.24, 2.45) is 10.3 Å². The molecule has 2 N–H and O–H groups in total. The second-order valence-electron chi connectivity index (χ2n) is 4.76. The third kappa shape index (κ3) is 6.48. The van der Waals surface area contributed by atoms with Gasteiger partial charge in [-0.2, -0.15) is 26.3 Å². The van der Waals surface area contributed by atoms with E-state index in [1.54, 1.807) is 0 Å². The van der Waals surface area contributed by atoms with E-state index >= 15 is 0 Å². The molecule has 27 heavy (non-hydrogen) atoms. The zero-order chi connectivity index (χ0) is 20.7. The number of oxime groups is 2. The van der Waals surface area contributed by atoms with Crippen LogP contribution in [0.3, 0.4) is 0 Å². The number of hydrogen-bond donors (Lipinski definition) is 2. The predicted molar refractivity (Wildman–Crippen MR) is 86.4 cm³/mol. The Morgan fingerprint density at radius 1 is 0.815 bits per heavy atom. The van der Waals surface area contributed by atoms with Gasteiger partial charge in [0.05, 0.1) is 17.3 Å². The number of benzene rings is 2. The van der Waals surface area contributed by atoms with Crippen LogP contribution in [0.15, 0.2) is 58.8 Å². The lowest BCUT2D eigenvalue weighted by molar-refractivity contribution is -0.138. The Kier molecular flexibility index (Phi) is 7.65. The molecule has 2 aromatic rings. The highest BCUT2D eigenvalue weighted by Gasteiger charge is 2.34. The molecule has 0 aliphatic carbocycles. The van der Waals surface area contributed by atoms with Gasteiger partial charge in [-0.1, -0.05) is 58.3 Å². The molecule has 0 bridgehead atoms. The SMILES string of the molecule is ON=C(Cl)c1ccccc1C(F)(F)F.ON=Cc1ccccc1C(F)(F)F. The van der Waals surface area contributed by atoms with E-state index in [1.165, 1.54) is 30.3 Å². The fraction of sp³-hybridized carbons (Fsp3) is 0.125. The van der Waals surface area contributed by atoms with E-state index in [4.69, 9.17) is 22.0 Å². The maximum absolute atomic E-state index is 12.3.